The summed E-state index contributed by atoms with van der Waals surface area (Å²) in [7, 11) is 0. The molecule has 0 N–H and O–H groups in total. The number of fused-ring (bicyclic) bond motifs is 1. The summed E-state index contributed by atoms with van der Waals surface area (Å²) in [6, 6.07) is 14.1. The molecule has 0 amide bonds. The van der Waals surface area contributed by atoms with Crippen LogP contribution in [0.15, 0.2) is 47.8 Å². The van der Waals surface area contributed by atoms with Gasteiger partial charge in [0.1, 0.15) is 6.61 Å². The molecule has 0 aliphatic carbocycles. The number of rotatable bonds is 3. The van der Waals surface area contributed by atoms with E-state index in [1.807, 2.05) is 35.7 Å². The highest BCUT2D eigenvalue weighted by Crippen LogP contribution is 2.27. The minimum absolute atomic E-state index is 0.166. The summed E-state index contributed by atoms with van der Waals surface area (Å²) in [6.45, 7) is 0.312. The second-order valence-electron chi connectivity index (χ2n) is 4.30. The van der Waals surface area contributed by atoms with Crippen molar-refractivity contribution in [2.45, 2.75) is 6.61 Å². The number of hydrogen-bond donors (Lipinski definition) is 0. The fourth-order valence-corrected chi connectivity index (χ4v) is 2.93. The van der Waals surface area contributed by atoms with E-state index in [4.69, 9.17) is 10.00 Å². The van der Waals surface area contributed by atoms with Crippen LogP contribution in [0.3, 0.4) is 0 Å². The molecule has 0 aliphatic heterocycles. The zero-order chi connectivity index (χ0) is 13.9. The van der Waals surface area contributed by atoms with Crippen molar-refractivity contribution >= 4 is 21.4 Å². The van der Waals surface area contributed by atoms with Gasteiger partial charge in [-0.3, -0.25) is 0 Å². The van der Waals surface area contributed by atoms with E-state index >= 15 is 0 Å². The van der Waals surface area contributed by atoms with Gasteiger partial charge in [0.25, 0.3) is 0 Å². The molecule has 0 spiro atoms. The monoisotopic (exact) mass is 283 g/mol. The third kappa shape index (κ3) is 2.36. The Morgan fingerprint density at radius 1 is 1.20 bits per heavy atom. The molecule has 3 rings (SSSR count). The van der Waals surface area contributed by atoms with Crippen LogP contribution in [0.2, 0.25) is 0 Å². The number of ether oxygens (including phenoxy) is 1. The van der Waals surface area contributed by atoms with Crippen LogP contribution >= 0.6 is 11.3 Å². The highest BCUT2D eigenvalue weighted by atomic mass is 32.1. The topological polar surface area (TPSA) is 33.0 Å². The minimum Gasteiger partial charge on any atom is -0.486 e. The zero-order valence-electron chi connectivity index (χ0n) is 10.5. The quantitative estimate of drug-likeness (QED) is 0.709. The third-order valence-corrected chi connectivity index (χ3v) is 4.02. The highest BCUT2D eigenvalue weighted by molar-refractivity contribution is 7.17. The van der Waals surface area contributed by atoms with Gasteiger partial charge in [-0.1, -0.05) is 18.2 Å². The maximum absolute atomic E-state index is 13.7. The fraction of sp³-hybridized carbons (Fsp3) is 0.0625. The summed E-state index contributed by atoms with van der Waals surface area (Å²) in [4.78, 5) is 0. The number of nitriles is 1. The normalized spacial score (nSPS) is 10.4. The molecule has 4 heteroatoms. The van der Waals surface area contributed by atoms with E-state index in [0.29, 0.717) is 6.61 Å². The van der Waals surface area contributed by atoms with E-state index in [1.54, 1.807) is 17.4 Å². The molecule has 0 unspecified atom stereocenters. The second kappa shape index (κ2) is 5.32. The lowest BCUT2D eigenvalue weighted by molar-refractivity contribution is 0.292. The van der Waals surface area contributed by atoms with E-state index < -0.39 is 5.82 Å². The molecule has 0 saturated carbocycles. The van der Waals surface area contributed by atoms with E-state index in [9.17, 15) is 4.39 Å². The van der Waals surface area contributed by atoms with Crippen LogP contribution in [0.1, 0.15) is 11.1 Å². The molecule has 0 atom stereocenters. The standard InChI is InChI=1S/C16H10FNOS/c17-14-7-11(8-18)5-6-15(14)19-9-12-10-20-16-4-2-1-3-13(12)16/h1-7,10H,9H2. The lowest BCUT2D eigenvalue weighted by Gasteiger charge is -2.06. The molecule has 2 aromatic carbocycles. The fourth-order valence-electron chi connectivity index (χ4n) is 1.99. The van der Waals surface area contributed by atoms with Crippen molar-refractivity contribution in [1.29, 1.82) is 5.26 Å². The predicted octanol–water partition coefficient (Wildman–Crippen LogP) is 4.49. The summed E-state index contributed by atoms with van der Waals surface area (Å²) < 4.78 is 20.4. The summed E-state index contributed by atoms with van der Waals surface area (Å²) in [5.74, 6) is -0.345. The number of hydrogen-bond acceptors (Lipinski definition) is 3. The van der Waals surface area contributed by atoms with Gasteiger partial charge in [0.2, 0.25) is 0 Å². The Bertz CT molecular complexity index is 804. The van der Waals surface area contributed by atoms with E-state index in [-0.39, 0.29) is 11.3 Å². The van der Waals surface area contributed by atoms with Crippen molar-refractivity contribution in [2.24, 2.45) is 0 Å². The van der Waals surface area contributed by atoms with Crippen LogP contribution in [0.5, 0.6) is 5.75 Å². The smallest absolute Gasteiger partial charge is 0.166 e. The van der Waals surface area contributed by atoms with Gasteiger partial charge in [0.15, 0.2) is 11.6 Å². The number of nitrogens with zero attached hydrogens (tertiary/aromatic N) is 1. The molecule has 3 aromatic rings. The number of thiophene rings is 1. The van der Waals surface area contributed by atoms with Crippen LogP contribution in [-0.2, 0) is 6.61 Å². The van der Waals surface area contributed by atoms with Crippen LogP contribution in [0.4, 0.5) is 4.39 Å². The first-order chi connectivity index (χ1) is 9.78. The Labute approximate surface area is 119 Å². The lowest BCUT2D eigenvalue weighted by atomic mass is 10.2. The first-order valence-corrected chi connectivity index (χ1v) is 6.93. The predicted molar refractivity (Wildman–Crippen MR) is 77.3 cm³/mol. The second-order valence-corrected chi connectivity index (χ2v) is 5.21. The van der Waals surface area contributed by atoms with Crippen molar-refractivity contribution in [2.75, 3.05) is 0 Å². The molecule has 1 heterocycles. The van der Waals surface area contributed by atoms with Gasteiger partial charge in [-0.25, -0.2) is 4.39 Å². The molecular formula is C16H10FNOS. The van der Waals surface area contributed by atoms with Crippen LogP contribution in [-0.4, -0.2) is 0 Å². The largest absolute Gasteiger partial charge is 0.486 e. The Balaban J connectivity index is 1.81. The number of benzene rings is 2. The maximum atomic E-state index is 13.7. The number of halogens is 1. The summed E-state index contributed by atoms with van der Waals surface area (Å²) in [5.41, 5.74) is 1.32. The Hall–Kier alpha value is -2.38. The zero-order valence-corrected chi connectivity index (χ0v) is 11.3. The van der Waals surface area contributed by atoms with Crippen molar-refractivity contribution in [1.82, 2.24) is 0 Å². The molecule has 2 nitrogen and oxygen atoms in total. The Morgan fingerprint density at radius 3 is 2.85 bits per heavy atom. The average Bonchev–Trinajstić information content (AvgIpc) is 2.89. The molecule has 0 aliphatic rings. The van der Waals surface area contributed by atoms with Crippen LogP contribution < -0.4 is 4.74 Å². The first-order valence-electron chi connectivity index (χ1n) is 6.05. The van der Waals surface area contributed by atoms with E-state index in [2.05, 4.69) is 0 Å². The lowest BCUT2D eigenvalue weighted by Crippen LogP contribution is -1.97. The molecule has 0 bridgehead atoms. The summed E-state index contributed by atoms with van der Waals surface area (Å²) >= 11 is 1.64. The van der Waals surface area contributed by atoms with Gasteiger partial charge in [-0.2, -0.15) is 5.26 Å². The van der Waals surface area contributed by atoms with Gasteiger partial charge >= 0.3 is 0 Å². The minimum atomic E-state index is -0.511. The Morgan fingerprint density at radius 2 is 2.05 bits per heavy atom. The van der Waals surface area contributed by atoms with Gasteiger partial charge in [-0.05, 0) is 35.0 Å². The molecule has 98 valence electrons. The molecule has 1 aromatic heterocycles. The highest BCUT2D eigenvalue weighted by Gasteiger charge is 2.07. The van der Waals surface area contributed by atoms with Crippen LogP contribution in [0.25, 0.3) is 10.1 Å². The van der Waals surface area contributed by atoms with Crippen LogP contribution in [0, 0.1) is 17.1 Å². The summed E-state index contributed by atoms with van der Waals surface area (Å²) in [5, 5.41) is 11.8. The van der Waals surface area contributed by atoms with Gasteiger partial charge in [0.05, 0.1) is 11.6 Å². The van der Waals surface area contributed by atoms with Crippen molar-refractivity contribution in [3.05, 3.63) is 64.8 Å². The van der Waals surface area contributed by atoms with Gasteiger partial charge < -0.3 is 4.74 Å². The van der Waals surface area contributed by atoms with Crippen molar-refractivity contribution in [3.8, 4) is 11.8 Å². The van der Waals surface area contributed by atoms with Crippen molar-refractivity contribution in [3.63, 3.8) is 0 Å². The molecular weight excluding hydrogens is 273 g/mol. The van der Waals surface area contributed by atoms with Gasteiger partial charge in [0, 0.05) is 10.3 Å². The first kappa shape index (κ1) is 12.6. The van der Waals surface area contributed by atoms with E-state index in [0.717, 1.165) is 10.9 Å². The van der Waals surface area contributed by atoms with Gasteiger partial charge in [-0.15, -0.1) is 11.3 Å². The molecule has 20 heavy (non-hydrogen) atoms. The maximum Gasteiger partial charge on any atom is 0.166 e. The van der Waals surface area contributed by atoms with E-state index in [1.165, 1.54) is 16.8 Å². The SMILES string of the molecule is N#Cc1ccc(OCc2csc3ccccc23)c(F)c1. The average molecular weight is 283 g/mol. The molecule has 0 fully saturated rings. The summed E-state index contributed by atoms with van der Waals surface area (Å²) in [6.07, 6.45) is 0. The Kier molecular flexibility index (Phi) is 3.36. The third-order valence-electron chi connectivity index (χ3n) is 3.01. The van der Waals surface area contributed by atoms with Crippen molar-refractivity contribution < 1.29 is 9.13 Å². The molecule has 0 saturated heterocycles. The molecule has 0 radical (unpaired) electrons.